The number of nitrogens with zero attached hydrogens (tertiary/aromatic N) is 1. The fourth-order valence-electron chi connectivity index (χ4n) is 1.77. The largest absolute Gasteiger partial charge is 0.351 e. The van der Waals surface area contributed by atoms with Crippen molar-refractivity contribution in [1.82, 2.24) is 10.2 Å². The molecule has 0 aromatic heterocycles. The molecule has 0 atom stereocenters. The van der Waals surface area contributed by atoms with E-state index >= 15 is 0 Å². The summed E-state index contributed by atoms with van der Waals surface area (Å²) >= 11 is 0. The third-order valence-corrected chi connectivity index (χ3v) is 2.85. The summed E-state index contributed by atoms with van der Waals surface area (Å²) in [4.78, 5) is 24.4. The Labute approximate surface area is 108 Å². The van der Waals surface area contributed by atoms with Crippen molar-refractivity contribution in [2.24, 2.45) is 5.92 Å². The molecule has 6 nitrogen and oxygen atoms in total. The molecule has 0 aromatic carbocycles. The van der Waals surface area contributed by atoms with Gasteiger partial charge in [-0.05, 0) is 13.8 Å². The number of carbonyl (C=O) groups excluding carboxylic acids is 2. The second-order valence-electron chi connectivity index (χ2n) is 4.21. The maximum absolute atomic E-state index is 11.7. The van der Waals surface area contributed by atoms with Gasteiger partial charge in [-0.1, -0.05) is 0 Å². The van der Waals surface area contributed by atoms with E-state index in [0.29, 0.717) is 32.8 Å². The summed E-state index contributed by atoms with van der Waals surface area (Å²) in [6.07, 6.45) is -0.395. The summed E-state index contributed by atoms with van der Waals surface area (Å²) in [5.74, 6) is -0.129. The second kappa shape index (κ2) is 7.33. The molecule has 0 spiro atoms. The minimum absolute atomic E-state index is 0.0144. The SMILES string of the molecule is CCOC(CNC(=O)C1CN(C(C)=O)C1)OCC. The Morgan fingerprint density at radius 1 is 1.28 bits per heavy atom. The van der Waals surface area contributed by atoms with E-state index in [1.165, 1.54) is 6.92 Å². The molecular formula is C12H22N2O4. The average Bonchev–Trinajstić information content (AvgIpc) is 2.24. The highest BCUT2D eigenvalue weighted by atomic mass is 16.7. The van der Waals surface area contributed by atoms with E-state index in [1.807, 2.05) is 13.8 Å². The molecule has 0 saturated carbocycles. The highest BCUT2D eigenvalue weighted by Gasteiger charge is 2.34. The van der Waals surface area contributed by atoms with Gasteiger partial charge in [-0.25, -0.2) is 0 Å². The fourth-order valence-corrected chi connectivity index (χ4v) is 1.77. The van der Waals surface area contributed by atoms with Crippen molar-refractivity contribution in [2.45, 2.75) is 27.1 Å². The minimum atomic E-state index is -0.395. The van der Waals surface area contributed by atoms with E-state index in [-0.39, 0.29) is 17.7 Å². The lowest BCUT2D eigenvalue weighted by Gasteiger charge is -2.37. The van der Waals surface area contributed by atoms with E-state index in [2.05, 4.69) is 5.32 Å². The summed E-state index contributed by atoms with van der Waals surface area (Å²) in [5.41, 5.74) is 0. The molecule has 0 aromatic rings. The first-order chi connectivity index (χ1) is 8.58. The number of hydrogen-bond acceptors (Lipinski definition) is 4. The van der Waals surface area contributed by atoms with Crippen LogP contribution in [-0.4, -0.2) is 55.9 Å². The van der Waals surface area contributed by atoms with Crippen LogP contribution < -0.4 is 5.32 Å². The van der Waals surface area contributed by atoms with Crippen molar-refractivity contribution < 1.29 is 19.1 Å². The fraction of sp³-hybridized carbons (Fsp3) is 0.833. The molecule has 1 saturated heterocycles. The van der Waals surface area contributed by atoms with Gasteiger partial charge in [-0.3, -0.25) is 9.59 Å². The van der Waals surface area contributed by atoms with Crippen molar-refractivity contribution in [3.05, 3.63) is 0 Å². The number of rotatable bonds is 7. The van der Waals surface area contributed by atoms with Crippen molar-refractivity contribution in [3.8, 4) is 0 Å². The number of carbonyl (C=O) groups is 2. The zero-order valence-corrected chi connectivity index (χ0v) is 11.3. The van der Waals surface area contributed by atoms with E-state index < -0.39 is 6.29 Å². The first-order valence-corrected chi connectivity index (χ1v) is 6.34. The van der Waals surface area contributed by atoms with E-state index in [0.717, 1.165) is 0 Å². The van der Waals surface area contributed by atoms with Crippen LogP contribution in [0.25, 0.3) is 0 Å². The molecule has 2 amide bonds. The van der Waals surface area contributed by atoms with Crippen LogP contribution in [0.4, 0.5) is 0 Å². The van der Waals surface area contributed by atoms with Gasteiger partial charge in [-0.15, -0.1) is 0 Å². The molecular weight excluding hydrogens is 236 g/mol. The standard InChI is InChI=1S/C12H22N2O4/c1-4-17-11(18-5-2)6-13-12(16)10-7-14(8-10)9(3)15/h10-11H,4-8H2,1-3H3,(H,13,16). The van der Waals surface area contributed by atoms with Gasteiger partial charge in [0.25, 0.3) is 0 Å². The topological polar surface area (TPSA) is 67.9 Å². The lowest BCUT2D eigenvalue weighted by atomic mass is 9.99. The zero-order chi connectivity index (χ0) is 13.5. The summed E-state index contributed by atoms with van der Waals surface area (Å²) in [5, 5.41) is 2.79. The summed E-state index contributed by atoms with van der Waals surface area (Å²) < 4.78 is 10.6. The Balaban J connectivity index is 2.22. The lowest BCUT2D eigenvalue weighted by Crippen LogP contribution is -2.55. The van der Waals surface area contributed by atoms with Crippen LogP contribution in [0.5, 0.6) is 0 Å². The zero-order valence-electron chi connectivity index (χ0n) is 11.3. The van der Waals surface area contributed by atoms with Crippen LogP contribution in [0.15, 0.2) is 0 Å². The molecule has 0 radical (unpaired) electrons. The van der Waals surface area contributed by atoms with Crippen molar-refractivity contribution in [1.29, 1.82) is 0 Å². The van der Waals surface area contributed by atoms with Crippen LogP contribution in [0.3, 0.4) is 0 Å². The molecule has 0 aliphatic carbocycles. The summed E-state index contributed by atoms with van der Waals surface area (Å²) in [7, 11) is 0. The summed E-state index contributed by atoms with van der Waals surface area (Å²) in [6, 6.07) is 0. The number of amides is 2. The monoisotopic (exact) mass is 258 g/mol. The molecule has 1 aliphatic heterocycles. The Hall–Kier alpha value is -1.14. The maximum Gasteiger partial charge on any atom is 0.226 e. The molecule has 1 fully saturated rings. The van der Waals surface area contributed by atoms with Crippen molar-refractivity contribution in [2.75, 3.05) is 32.8 Å². The van der Waals surface area contributed by atoms with Crippen LogP contribution in [0, 0.1) is 5.92 Å². The second-order valence-corrected chi connectivity index (χ2v) is 4.21. The van der Waals surface area contributed by atoms with Gasteiger partial charge in [0.15, 0.2) is 6.29 Å². The maximum atomic E-state index is 11.7. The van der Waals surface area contributed by atoms with Gasteiger partial charge in [0.05, 0.1) is 12.5 Å². The summed E-state index contributed by atoms with van der Waals surface area (Å²) in [6.45, 7) is 7.72. The van der Waals surface area contributed by atoms with Gasteiger partial charge < -0.3 is 19.7 Å². The number of hydrogen-bond donors (Lipinski definition) is 1. The van der Waals surface area contributed by atoms with E-state index in [4.69, 9.17) is 9.47 Å². The molecule has 1 aliphatic rings. The molecule has 1 rings (SSSR count). The van der Waals surface area contributed by atoms with E-state index in [1.54, 1.807) is 4.90 Å². The Morgan fingerprint density at radius 2 is 1.83 bits per heavy atom. The molecule has 104 valence electrons. The number of likely N-dealkylation sites (tertiary alicyclic amines) is 1. The molecule has 0 bridgehead atoms. The first-order valence-electron chi connectivity index (χ1n) is 6.34. The third kappa shape index (κ3) is 4.27. The molecule has 1 heterocycles. The van der Waals surface area contributed by atoms with Crippen LogP contribution >= 0.6 is 0 Å². The minimum Gasteiger partial charge on any atom is -0.351 e. The number of ether oxygens (including phenoxy) is 2. The molecule has 18 heavy (non-hydrogen) atoms. The van der Waals surface area contributed by atoms with Gasteiger partial charge in [0.2, 0.25) is 11.8 Å². The first kappa shape index (κ1) is 14.9. The van der Waals surface area contributed by atoms with Crippen LogP contribution in [-0.2, 0) is 19.1 Å². The van der Waals surface area contributed by atoms with Gasteiger partial charge in [0.1, 0.15) is 0 Å². The van der Waals surface area contributed by atoms with Crippen molar-refractivity contribution in [3.63, 3.8) is 0 Å². The smallest absolute Gasteiger partial charge is 0.226 e. The molecule has 6 heteroatoms. The van der Waals surface area contributed by atoms with Crippen LogP contribution in [0.2, 0.25) is 0 Å². The highest BCUT2D eigenvalue weighted by molar-refractivity contribution is 5.83. The predicted octanol–water partition coefficient (Wildman–Crippen LogP) is -0.0200. The normalized spacial score (nSPS) is 15.7. The average molecular weight is 258 g/mol. The van der Waals surface area contributed by atoms with Crippen LogP contribution in [0.1, 0.15) is 20.8 Å². The quantitative estimate of drug-likeness (QED) is 0.652. The lowest BCUT2D eigenvalue weighted by molar-refractivity contribution is -0.148. The number of nitrogens with one attached hydrogen (secondary N) is 1. The van der Waals surface area contributed by atoms with Gasteiger partial charge in [-0.2, -0.15) is 0 Å². The Morgan fingerprint density at radius 3 is 2.28 bits per heavy atom. The molecule has 0 unspecified atom stereocenters. The van der Waals surface area contributed by atoms with Crippen molar-refractivity contribution >= 4 is 11.8 Å². The van der Waals surface area contributed by atoms with Gasteiger partial charge >= 0.3 is 0 Å². The predicted molar refractivity (Wildman–Crippen MR) is 65.8 cm³/mol. The molecule has 1 N–H and O–H groups in total. The Bertz CT molecular complexity index is 284. The van der Waals surface area contributed by atoms with E-state index in [9.17, 15) is 9.59 Å². The third-order valence-electron chi connectivity index (χ3n) is 2.85. The van der Waals surface area contributed by atoms with Gasteiger partial charge in [0, 0.05) is 33.2 Å². The Kier molecular flexibility index (Phi) is 6.07. The highest BCUT2D eigenvalue weighted by Crippen LogP contribution is 2.15.